The maximum atomic E-state index is 10.2. The molecule has 3 aliphatic carbocycles. The predicted molar refractivity (Wildman–Crippen MR) is 236 cm³/mol. The number of nitrogens with zero attached hydrogens (tertiary/aromatic N) is 6. The Balaban J connectivity index is 0.000000170. The lowest BCUT2D eigenvalue weighted by Gasteiger charge is -2.42. The summed E-state index contributed by atoms with van der Waals surface area (Å²) >= 11 is 5.08. The minimum atomic E-state index is -0.887. The quantitative estimate of drug-likeness (QED) is 0.219. The molecule has 0 saturated heterocycles. The average molecular weight is 869 g/mol. The van der Waals surface area contributed by atoms with Gasteiger partial charge < -0.3 is 55.2 Å². The second kappa shape index (κ2) is 20.5. The van der Waals surface area contributed by atoms with Crippen LogP contribution in [0.15, 0.2) is 45.3 Å². The van der Waals surface area contributed by atoms with E-state index < -0.39 is 36.6 Å². The Morgan fingerprint density at radius 3 is 1.33 bits per heavy atom. The van der Waals surface area contributed by atoms with E-state index in [1.165, 1.54) is 5.56 Å². The molecule has 0 radical (unpaired) electrons. The summed E-state index contributed by atoms with van der Waals surface area (Å²) in [4.78, 5) is 19.8. The van der Waals surface area contributed by atoms with Gasteiger partial charge >= 0.3 is 0 Å². The molecule has 0 spiro atoms. The van der Waals surface area contributed by atoms with Crippen molar-refractivity contribution in [1.29, 1.82) is 0 Å². The van der Waals surface area contributed by atoms with Crippen LogP contribution >= 0.6 is 35.3 Å². The fourth-order valence-corrected chi connectivity index (χ4v) is 12.8. The maximum Gasteiger partial charge on any atom is 0.159 e. The SMILES string of the molecule is CC(O)[C@H]1C[C@@H]2SC(N(C)C)=N[C@@H]2[C@@H](OCc2ccccc2)[C@@H]1C.C[C@@H](O)[C@H]1C[C@@H]2SC(N(C)C)=N[C@@H]2[C@@H](O)[C@@H]1O.C[C@H](O)[C@H]1C[C@@H]2SC(N(C)C)=N[C@@H]2[C@@H](O)[C@@H]1O. The van der Waals surface area contributed by atoms with Crippen molar-refractivity contribution in [3.05, 3.63) is 35.9 Å². The van der Waals surface area contributed by atoms with E-state index in [4.69, 9.17) is 9.73 Å². The van der Waals surface area contributed by atoms with Gasteiger partial charge in [-0.05, 0) is 57.4 Å². The zero-order chi connectivity index (χ0) is 42.7. The first-order chi connectivity index (χ1) is 27.3. The van der Waals surface area contributed by atoms with E-state index >= 15 is 0 Å². The lowest BCUT2D eigenvalue weighted by atomic mass is 9.73. The number of aliphatic imine (C=N–C) groups is 3. The van der Waals surface area contributed by atoms with Crippen LogP contribution in [0.25, 0.3) is 0 Å². The lowest BCUT2D eigenvalue weighted by molar-refractivity contribution is -0.0835. The van der Waals surface area contributed by atoms with Crippen molar-refractivity contribution in [3.63, 3.8) is 0 Å². The third kappa shape index (κ3) is 10.9. The smallest absolute Gasteiger partial charge is 0.159 e. The Kier molecular flexibility index (Phi) is 16.7. The number of hydrogen-bond acceptors (Lipinski definition) is 17. The van der Waals surface area contributed by atoms with Crippen LogP contribution in [0.2, 0.25) is 0 Å². The molecule has 3 aliphatic heterocycles. The average Bonchev–Trinajstić information content (AvgIpc) is 3.92. The van der Waals surface area contributed by atoms with E-state index in [0.717, 1.165) is 21.9 Å². The Labute approximate surface area is 357 Å². The number of amidine groups is 3. The van der Waals surface area contributed by atoms with E-state index in [1.54, 1.807) is 37.4 Å². The topological polar surface area (TPSA) is 198 Å². The van der Waals surface area contributed by atoms with Crippen LogP contribution in [0, 0.1) is 23.7 Å². The molecule has 3 fully saturated rings. The summed E-state index contributed by atoms with van der Waals surface area (Å²) in [5.41, 5.74) is 1.18. The first-order valence-electron chi connectivity index (χ1n) is 20.5. The van der Waals surface area contributed by atoms with Crippen LogP contribution in [0.1, 0.15) is 52.5 Å². The fraction of sp³-hybridized carbons (Fsp3) is 0.780. The first kappa shape index (κ1) is 47.4. The molecule has 0 amide bonds. The van der Waals surface area contributed by atoms with Gasteiger partial charge in [0.25, 0.3) is 0 Å². The van der Waals surface area contributed by atoms with Crippen molar-refractivity contribution >= 4 is 50.8 Å². The number of aliphatic hydroxyl groups excluding tert-OH is 7. The maximum absolute atomic E-state index is 10.2. The summed E-state index contributed by atoms with van der Waals surface area (Å²) in [6.45, 7) is 8.03. The summed E-state index contributed by atoms with van der Waals surface area (Å²) in [5.74, 6) is 0.0167. The molecule has 18 atom stereocenters. The van der Waals surface area contributed by atoms with Crippen molar-refractivity contribution in [2.24, 2.45) is 38.6 Å². The van der Waals surface area contributed by atoms with Gasteiger partial charge in [-0.3, -0.25) is 15.0 Å². The van der Waals surface area contributed by atoms with Gasteiger partial charge in [-0.25, -0.2) is 0 Å². The van der Waals surface area contributed by atoms with E-state index in [2.05, 4.69) is 33.9 Å². The normalized spacial score (nSPS) is 39.1. The van der Waals surface area contributed by atoms with Gasteiger partial charge in [0, 0.05) is 69.9 Å². The zero-order valence-corrected chi connectivity index (χ0v) is 38.0. The summed E-state index contributed by atoms with van der Waals surface area (Å²) in [6, 6.07) is 9.97. The monoisotopic (exact) mass is 868 g/mol. The number of fused-ring (bicyclic) bond motifs is 3. The molecule has 7 rings (SSSR count). The molecule has 6 aliphatic rings. The first-order valence-corrected chi connectivity index (χ1v) is 23.1. The third-order valence-corrected chi connectivity index (χ3v) is 16.7. The van der Waals surface area contributed by atoms with E-state index in [1.807, 2.05) is 89.0 Å². The Bertz CT molecular complexity index is 1510. The minimum Gasteiger partial charge on any atom is -0.393 e. The molecule has 3 saturated carbocycles. The number of aliphatic hydroxyl groups is 7. The zero-order valence-electron chi connectivity index (χ0n) is 35.6. The molecule has 14 nitrogen and oxygen atoms in total. The molecule has 0 bridgehead atoms. The highest BCUT2D eigenvalue weighted by atomic mass is 32.2. The number of hydrogen-bond donors (Lipinski definition) is 7. The molecule has 0 aromatic heterocycles. The van der Waals surface area contributed by atoms with Crippen molar-refractivity contribution in [1.82, 2.24) is 14.7 Å². The largest absolute Gasteiger partial charge is 0.393 e. The molecular formula is C41H68N6O8S3. The summed E-state index contributed by atoms with van der Waals surface area (Å²) in [7, 11) is 11.7. The molecule has 7 N–H and O–H groups in total. The molecule has 328 valence electrons. The molecule has 3 heterocycles. The Morgan fingerprint density at radius 1 is 0.586 bits per heavy atom. The number of benzene rings is 1. The molecular weight excluding hydrogens is 801 g/mol. The number of ether oxygens (including phenoxy) is 1. The van der Waals surface area contributed by atoms with Crippen LogP contribution in [-0.4, -0.2) is 191 Å². The van der Waals surface area contributed by atoms with Gasteiger partial charge in [-0.1, -0.05) is 72.5 Å². The molecule has 17 heteroatoms. The molecule has 1 unspecified atom stereocenters. The highest BCUT2D eigenvalue weighted by molar-refractivity contribution is 8.15. The van der Waals surface area contributed by atoms with Crippen molar-refractivity contribution in [2.75, 3.05) is 42.3 Å². The van der Waals surface area contributed by atoms with Crippen LogP contribution in [0.3, 0.4) is 0 Å². The number of thioether (sulfide) groups is 3. The molecule has 1 aromatic rings. The van der Waals surface area contributed by atoms with Gasteiger partial charge in [0.05, 0.1) is 61.4 Å². The van der Waals surface area contributed by atoms with E-state index in [9.17, 15) is 35.7 Å². The standard InChI is InChI=1S/C19H28N2O2S.2C11H20N2O3S/c1-12-15(13(2)22)10-16-17(20-19(24-16)21(3)4)18(12)23-11-14-8-6-5-7-9-14;2*1-5(14)6-4-7-8(10(16)9(6)15)12-11(17-7)13(2)3/h5-9,12-13,15-18,22H,10-11H2,1-4H3;2*5-10,14-16H,4H2,1-3H3/t12-,13?,15+,16+,17+,18+;5-,6+,7-,8-,9+,10+;5-,6-,7+,8+,9-,10-/m101/s1. The van der Waals surface area contributed by atoms with Crippen LogP contribution < -0.4 is 0 Å². The Morgan fingerprint density at radius 2 is 0.948 bits per heavy atom. The van der Waals surface area contributed by atoms with Crippen molar-refractivity contribution in [3.8, 4) is 0 Å². The minimum absolute atomic E-state index is 0.0495. The molecule has 1 aromatic carbocycles. The Hall–Kier alpha value is -1.64. The van der Waals surface area contributed by atoms with Gasteiger partial charge in [0.2, 0.25) is 0 Å². The van der Waals surface area contributed by atoms with Gasteiger partial charge in [0.15, 0.2) is 15.5 Å². The summed E-state index contributed by atoms with van der Waals surface area (Å²) in [5, 5.41) is 73.2. The van der Waals surface area contributed by atoms with Crippen LogP contribution in [0.4, 0.5) is 0 Å². The van der Waals surface area contributed by atoms with E-state index in [-0.39, 0.29) is 58.6 Å². The van der Waals surface area contributed by atoms with Gasteiger partial charge in [-0.2, -0.15) is 0 Å². The van der Waals surface area contributed by atoms with Crippen molar-refractivity contribution in [2.45, 2.75) is 136 Å². The van der Waals surface area contributed by atoms with Gasteiger partial charge in [-0.15, -0.1) is 0 Å². The highest BCUT2D eigenvalue weighted by Gasteiger charge is 2.51. The van der Waals surface area contributed by atoms with E-state index in [0.29, 0.717) is 30.6 Å². The summed E-state index contributed by atoms with van der Waals surface area (Å²) < 4.78 is 6.35. The number of rotatable bonds is 6. The van der Waals surface area contributed by atoms with Gasteiger partial charge in [0.1, 0.15) is 12.2 Å². The fourth-order valence-electron chi connectivity index (χ4n) is 8.82. The second-order valence-electron chi connectivity index (χ2n) is 17.4. The second-order valence-corrected chi connectivity index (χ2v) is 21.0. The van der Waals surface area contributed by atoms with Crippen molar-refractivity contribution < 1.29 is 40.5 Å². The van der Waals surface area contributed by atoms with Crippen LogP contribution in [-0.2, 0) is 11.3 Å². The molecule has 58 heavy (non-hydrogen) atoms. The predicted octanol–water partition coefficient (Wildman–Crippen LogP) is 2.03. The van der Waals surface area contributed by atoms with Crippen LogP contribution in [0.5, 0.6) is 0 Å². The lowest BCUT2D eigenvalue weighted by Crippen LogP contribution is -2.53. The third-order valence-electron chi connectivity index (χ3n) is 12.3. The summed E-state index contributed by atoms with van der Waals surface area (Å²) in [6.07, 6.45) is -2.63. The highest BCUT2D eigenvalue weighted by Crippen LogP contribution is 2.46.